The van der Waals surface area contributed by atoms with E-state index in [9.17, 15) is 14.4 Å². The molecule has 6 nitrogen and oxygen atoms in total. The first kappa shape index (κ1) is 19.7. The fourth-order valence-corrected chi connectivity index (χ4v) is 4.61. The van der Waals surface area contributed by atoms with Gasteiger partial charge >= 0.3 is 5.97 Å². The molecule has 29 heavy (non-hydrogen) atoms. The zero-order valence-electron chi connectivity index (χ0n) is 16.7. The summed E-state index contributed by atoms with van der Waals surface area (Å²) in [5.41, 5.74) is 2.42. The molecule has 0 bridgehead atoms. The van der Waals surface area contributed by atoms with E-state index >= 15 is 0 Å². The molecule has 2 aliphatic heterocycles. The van der Waals surface area contributed by atoms with Gasteiger partial charge in [0.05, 0.1) is 5.92 Å². The summed E-state index contributed by atoms with van der Waals surface area (Å²) in [7, 11) is 0. The van der Waals surface area contributed by atoms with Crippen molar-refractivity contribution in [3.05, 3.63) is 42.0 Å². The van der Waals surface area contributed by atoms with Crippen LogP contribution < -0.4 is 0 Å². The third kappa shape index (κ3) is 4.52. The van der Waals surface area contributed by atoms with E-state index in [4.69, 9.17) is 4.74 Å². The predicted molar refractivity (Wildman–Crippen MR) is 109 cm³/mol. The molecular weight excluding hydrogens is 368 g/mol. The van der Waals surface area contributed by atoms with Crippen molar-refractivity contribution in [2.45, 2.75) is 44.6 Å². The van der Waals surface area contributed by atoms with Crippen LogP contribution in [0.1, 0.15) is 44.1 Å². The van der Waals surface area contributed by atoms with E-state index in [0.29, 0.717) is 19.6 Å². The average Bonchev–Trinajstić information content (AvgIpc) is 3.42. The SMILES string of the molecule is O=C(OCC(=O)N1CC=C(c2ccccc2)CC1)[C@H]1CC(=O)N(C2CCCC2)C1. The monoisotopic (exact) mass is 396 g/mol. The third-order valence-corrected chi connectivity index (χ3v) is 6.30. The average molecular weight is 396 g/mol. The standard InChI is InChI=1S/C23H28N2O4/c26-21-14-19(15-25(21)20-8-4-5-9-20)23(28)29-16-22(27)24-12-10-18(11-13-24)17-6-2-1-3-7-17/h1-3,6-7,10,19-20H,4-5,8-9,11-16H2/t19-/m0/s1. The summed E-state index contributed by atoms with van der Waals surface area (Å²) >= 11 is 0. The van der Waals surface area contributed by atoms with Crippen molar-refractivity contribution >= 4 is 23.4 Å². The second kappa shape index (κ2) is 8.80. The molecule has 0 radical (unpaired) electrons. The highest BCUT2D eigenvalue weighted by Gasteiger charge is 2.39. The summed E-state index contributed by atoms with van der Waals surface area (Å²) < 4.78 is 5.28. The largest absolute Gasteiger partial charge is 0.455 e. The van der Waals surface area contributed by atoms with Crippen LogP contribution in [0.4, 0.5) is 0 Å². The highest BCUT2D eigenvalue weighted by Crippen LogP contribution is 2.30. The molecule has 2 amide bonds. The lowest BCUT2D eigenvalue weighted by Gasteiger charge is -2.27. The van der Waals surface area contributed by atoms with Crippen LogP contribution in [0.15, 0.2) is 36.4 Å². The van der Waals surface area contributed by atoms with Crippen molar-refractivity contribution in [2.24, 2.45) is 5.92 Å². The van der Waals surface area contributed by atoms with Crippen LogP contribution in [0.25, 0.3) is 5.57 Å². The van der Waals surface area contributed by atoms with Crippen molar-refractivity contribution < 1.29 is 19.1 Å². The molecule has 0 unspecified atom stereocenters. The minimum Gasteiger partial charge on any atom is -0.455 e. The molecule has 4 rings (SSSR count). The smallest absolute Gasteiger partial charge is 0.311 e. The van der Waals surface area contributed by atoms with Crippen molar-refractivity contribution in [1.29, 1.82) is 0 Å². The van der Waals surface area contributed by atoms with Crippen LogP contribution in [-0.4, -0.2) is 59.9 Å². The Bertz CT molecular complexity index is 798. The molecule has 1 aliphatic carbocycles. The Morgan fingerprint density at radius 3 is 2.55 bits per heavy atom. The number of benzene rings is 1. The molecule has 1 saturated carbocycles. The summed E-state index contributed by atoms with van der Waals surface area (Å²) in [5.74, 6) is -1.01. The van der Waals surface area contributed by atoms with Gasteiger partial charge in [-0.3, -0.25) is 14.4 Å². The number of ether oxygens (including phenoxy) is 1. The molecule has 0 N–H and O–H groups in total. The number of carbonyl (C=O) groups is 3. The lowest BCUT2D eigenvalue weighted by molar-refractivity contribution is -0.155. The van der Waals surface area contributed by atoms with Crippen molar-refractivity contribution in [2.75, 3.05) is 26.2 Å². The lowest BCUT2D eigenvalue weighted by Crippen LogP contribution is -2.38. The van der Waals surface area contributed by atoms with Crippen LogP contribution >= 0.6 is 0 Å². The number of carbonyl (C=O) groups excluding carboxylic acids is 3. The van der Waals surface area contributed by atoms with Crippen molar-refractivity contribution in [3.63, 3.8) is 0 Å². The van der Waals surface area contributed by atoms with Crippen molar-refractivity contribution in [1.82, 2.24) is 9.80 Å². The number of rotatable bonds is 5. The summed E-state index contributed by atoms with van der Waals surface area (Å²) in [5, 5.41) is 0. The summed E-state index contributed by atoms with van der Waals surface area (Å²) in [6, 6.07) is 10.4. The maximum atomic E-state index is 12.4. The first-order chi connectivity index (χ1) is 14.1. The molecule has 0 spiro atoms. The number of hydrogen-bond donors (Lipinski definition) is 0. The zero-order valence-corrected chi connectivity index (χ0v) is 16.7. The van der Waals surface area contributed by atoms with E-state index < -0.39 is 11.9 Å². The fraction of sp³-hybridized carbons (Fsp3) is 0.522. The molecule has 1 aromatic rings. The Labute approximate surface area is 171 Å². The lowest BCUT2D eigenvalue weighted by atomic mass is 10.00. The zero-order chi connectivity index (χ0) is 20.2. The Morgan fingerprint density at radius 2 is 1.86 bits per heavy atom. The fourth-order valence-electron chi connectivity index (χ4n) is 4.61. The second-order valence-corrected chi connectivity index (χ2v) is 8.18. The van der Waals surface area contributed by atoms with E-state index in [1.54, 1.807) is 4.90 Å². The Balaban J connectivity index is 1.24. The number of likely N-dealkylation sites (tertiary alicyclic amines) is 1. The topological polar surface area (TPSA) is 66.9 Å². The van der Waals surface area contributed by atoms with Crippen LogP contribution in [-0.2, 0) is 19.1 Å². The van der Waals surface area contributed by atoms with E-state index in [2.05, 4.69) is 18.2 Å². The minimum absolute atomic E-state index is 0.0415. The molecule has 154 valence electrons. The maximum Gasteiger partial charge on any atom is 0.311 e. The Hall–Kier alpha value is -2.63. The highest BCUT2D eigenvalue weighted by atomic mass is 16.5. The molecule has 2 heterocycles. The van der Waals surface area contributed by atoms with E-state index in [1.165, 1.54) is 11.1 Å². The van der Waals surface area contributed by atoms with Gasteiger partial charge in [-0.15, -0.1) is 0 Å². The van der Waals surface area contributed by atoms with Crippen LogP contribution in [0, 0.1) is 5.92 Å². The first-order valence-corrected chi connectivity index (χ1v) is 10.6. The van der Waals surface area contributed by atoms with Gasteiger partial charge in [0.2, 0.25) is 5.91 Å². The second-order valence-electron chi connectivity index (χ2n) is 8.18. The van der Waals surface area contributed by atoms with Gasteiger partial charge in [0, 0.05) is 32.1 Å². The quantitative estimate of drug-likeness (QED) is 0.718. The molecule has 1 atom stereocenters. The van der Waals surface area contributed by atoms with Crippen molar-refractivity contribution in [3.8, 4) is 0 Å². The molecule has 0 aromatic heterocycles. The van der Waals surface area contributed by atoms with E-state index in [1.807, 2.05) is 23.1 Å². The van der Waals surface area contributed by atoms with Gasteiger partial charge in [0.15, 0.2) is 6.61 Å². The van der Waals surface area contributed by atoms with Crippen LogP contribution in [0.2, 0.25) is 0 Å². The molecule has 3 aliphatic rings. The van der Waals surface area contributed by atoms with Gasteiger partial charge < -0.3 is 14.5 Å². The maximum absolute atomic E-state index is 12.4. The van der Waals surface area contributed by atoms with Gasteiger partial charge in [-0.1, -0.05) is 49.2 Å². The van der Waals surface area contributed by atoms with Gasteiger partial charge in [-0.05, 0) is 30.4 Å². The van der Waals surface area contributed by atoms with Gasteiger partial charge in [0.1, 0.15) is 0 Å². The minimum atomic E-state index is -0.443. The van der Waals surface area contributed by atoms with E-state index in [0.717, 1.165) is 32.1 Å². The predicted octanol–water partition coefficient (Wildman–Crippen LogP) is 2.64. The number of nitrogens with zero attached hydrogens (tertiary/aromatic N) is 2. The van der Waals surface area contributed by atoms with Gasteiger partial charge in [-0.25, -0.2) is 0 Å². The van der Waals surface area contributed by atoms with Gasteiger partial charge in [0.25, 0.3) is 5.91 Å². The number of amides is 2. The molecule has 6 heteroatoms. The Kier molecular flexibility index (Phi) is 5.97. The molecule has 1 saturated heterocycles. The van der Waals surface area contributed by atoms with E-state index in [-0.39, 0.29) is 30.9 Å². The summed E-state index contributed by atoms with van der Waals surface area (Å²) in [4.78, 5) is 40.6. The highest BCUT2D eigenvalue weighted by molar-refractivity contribution is 5.88. The normalized spacial score (nSPS) is 22.7. The number of hydrogen-bond acceptors (Lipinski definition) is 4. The molecule has 1 aromatic carbocycles. The Morgan fingerprint density at radius 1 is 1.10 bits per heavy atom. The summed E-state index contributed by atoms with van der Waals surface area (Å²) in [6.45, 7) is 1.33. The number of esters is 1. The third-order valence-electron chi connectivity index (χ3n) is 6.30. The van der Waals surface area contributed by atoms with Crippen LogP contribution in [0.3, 0.4) is 0 Å². The van der Waals surface area contributed by atoms with Gasteiger partial charge in [-0.2, -0.15) is 0 Å². The molecular formula is C23H28N2O4. The molecule has 2 fully saturated rings. The summed E-state index contributed by atoms with van der Waals surface area (Å²) in [6.07, 6.45) is 7.41. The first-order valence-electron chi connectivity index (χ1n) is 10.6. The van der Waals surface area contributed by atoms with Crippen LogP contribution in [0.5, 0.6) is 0 Å².